The van der Waals surface area contributed by atoms with Crippen molar-refractivity contribution in [1.82, 2.24) is 143 Å². The Balaban J connectivity index is 0.000000115. The molecule has 746 valence electrons. The van der Waals surface area contributed by atoms with E-state index in [2.05, 4.69) is 175 Å². The van der Waals surface area contributed by atoms with Gasteiger partial charge in [0.15, 0.2) is 29.0 Å². The fraction of sp³-hybridized carbons (Fsp3) is 0.267. The van der Waals surface area contributed by atoms with E-state index in [4.69, 9.17) is 4.52 Å². The summed E-state index contributed by atoms with van der Waals surface area (Å²) in [6.45, 7) is 19.9. The molecule has 2 aromatic carbocycles. The molecule has 0 bridgehead atoms. The van der Waals surface area contributed by atoms with Crippen LogP contribution in [0.4, 0.5) is 64.6 Å². The Labute approximate surface area is 841 Å². The van der Waals surface area contributed by atoms with Crippen molar-refractivity contribution in [2.24, 2.45) is 21.1 Å². The van der Waals surface area contributed by atoms with Crippen LogP contribution in [0.5, 0.6) is 0 Å². The second-order valence-electron chi connectivity index (χ2n) is 36.5. The van der Waals surface area contributed by atoms with E-state index < -0.39 is 28.4 Å². The lowest BCUT2D eigenvalue weighted by Gasteiger charge is -2.40. The van der Waals surface area contributed by atoms with Crippen LogP contribution in [0.15, 0.2) is 267 Å². The molecule has 3 N–H and O–H groups in total. The molecule has 0 aliphatic carbocycles. The third-order valence-corrected chi connectivity index (χ3v) is 27.5. The van der Waals surface area contributed by atoms with Gasteiger partial charge in [-0.1, -0.05) is 41.2 Å². The maximum absolute atomic E-state index is 14.0. The Kier molecular flexibility index (Phi) is 26.4. The molecule has 0 unspecified atom stereocenters. The van der Waals surface area contributed by atoms with Gasteiger partial charge in [-0.05, 0) is 113 Å². The third-order valence-electron chi connectivity index (χ3n) is 26.5. The molecule has 46 heteroatoms. The summed E-state index contributed by atoms with van der Waals surface area (Å²) in [5.41, 5.74) is 10.2. The highest BCUT2D eigenvalue weighted by Gasteiger charge is 2.36. The number of aliphatic hydroxyl groups is 3. The van der Waals surface area contributed by atoms with Crippen LogP contribution in [0.3, 0.4) is 0 Å². The standard InChI is InChI=1S/C26H25FN8O2.2C25H25FN10O.C25H24FN9S/c1-17-11-23(37-32-17)18-12-22-24(30-16-31-35(22)15-18)33-7-9-34(10-8-33)25-28-13-20(14-29-25)26(2,36)19-3-5-21(27)6-4-19;2*1-25(37,22-4-3-20(26)13-27-22)19-11-28-24(29-12-19)35-7-5-34(6-8-35)23-21-9-17(15-36(21)32-16-30-23)18-10-31-33(2)14-18;1-17-13-33(24-22-9-18(15-35(22)31-16-29-24)19-10-30-32(2)14-19)7-8-34(17)25-27-11-20(12-28-25)36-23-6-4-3-5-21(23)26/h3-6,11-16,36H,7-10H2,1-2H3;2*3-4,9-16,37H,5-8H2,1-2H3;3-6,9-12,14-17H,7-8,13H2,1-2H3/t26-;2*25-;17-/m0101/s1. The number of hydrogen-bond donors (Lipinski definition) is 3. The van der Waals surface area contributed by atoms with E-state index in [9.17, 15) is 32.9 Å². The van der Waals surface area contributed by atoms with Gasteiger partial charge in [-0.15, -0.1) is 0 Å². The number of aromatic nitrogens is 29. The van der Waals surface area contributed by atoms with E-state index in [0.29, 0.717) is 107 Å². The van der Waals surface area contributed by atoms with E-state index >= 15 is 0 Å². The second-order valence-corrected chi connectivity index (χ2v) is 37.6. The minimum atomic E-state index is -1.44. The summed E-state index contributed by atoms with van der Waals surface area (Å²) in [6, 6.07) is 28.3. The van der Waals surface area contributed by atoms with Crippen LogP contribution in [0.25, 0.3) is 66.8 Å². The quantitative estimate of drug-likeness (QED) is 0.0597. The zero-order valence-electron chi connectivity index (χ0n) is 81.1. The molecule has 24 rings (SSSR count). The lowest BCUT2D eigenvalue weighted by Crippen LogP contribution is -2.53. The number of fused-ring (bicyclic) bond motifs is 4. The molecule has 22 heterocycles. The first-order chi connectivity index (χ1) is 71.2. The number of hydrogen-bond acceptors (Lipinski definition) is 35. The second kappa shape index (κ2) is 40.5. The van der Waals surface area contributed by atoms with Gasteiger partial charge >= 0.3 is 0 Å². The van der Waals surface area contributed by atoms with E-state index in [1.807, 2.05) is 122 Å². The first kappa shape index (κ1) is 95.9. The molecule has 4 aliphatic rings. The molecular formula is C101H99F4N37O4S. The largest absolute Gasteiger partial charge is 0.381 e. The Bertz CT molecular complexity index is 7440. The maximum Gasteiger partial charge on any atom is 0.225 e. The van der Waals surface area contributed by atoms with Crippen molar-refractivity contribution < 1.29 is 37.4 Å². The van der Waals surface area contributed by atoms with Crippen molar-refractivity contribution in [2.45, 2.75) is 67.3 Å². The molecule has 0 saturated carbocycles. The molecule has 0 amide bonds. The van der Waals surface area contributed by atoms with Crippen LogP contribution in [0.1, 0.15) is 67.0 Å². The number of aryl methyl sites for hydroxylation is 4. The highest BCUT2D eigenvalue weighted by molar-refractivity contribution is 7.99. The predicted octanol–water partition coefficient (Wildman–Crippen LogP) is 11.2. The third kappa shape index (κ3) is 20.4. The van der Waals surface area contributed by atoms with E-state index in [0.717, 1.165) is 166 Å². The molecule has 4 saturated heterocycles. The number of halogens is 4. The highest BCUT2D eigenvalue weighted by atomic mass is 32.2. The summed E-state index contributed by atoms with van der Waals surface area (Å²) >= 11 is 1.32. The first-order valence-electron chi connectivity index (χ1n) is 47.3. The summed E-state index contributed by atoms with van der Waals surface area (Å²) in [5, 5.41) is 67.3. The fourth-order valence-electron chi connectivity index (χ4n) is 18.2. The molecule has 4 aliphatic heterocycles. The Morgan fingerprint density at radius 2 is 0.687 bits per heavy atom. The van der Waals surface area contributed by atoms with Gasteiger partial charge in [-0.2, -0.15) is 35.7 Å². The smallest absolute Gasteiger partial charge is 0.225 e. The summed E-state index contributed by atoms with van der Waals surface area (Å²) in [4.78, 5) is 81.4. The topological polar surface area (TPSA) is 416 Å². The number of piperazine rings is 4. The summed E-state index contributed by atoms with van der Waals surface area (Å²) in [6.07, 6.45) is 40.9. The highest BCUT2D eigenvalue weighted by Crippen LogP contribution is 2.39. The Hall–Kier alpha value is -17.3. The predicted molar refractivity (Wildman–Crippen MR) is 541 cm³/mol. The first-order valence-corrected chi connectivity index (χ1v) is 48.2. The molecule has 0 radical (unpaired) electrons. The lowest BCUT2D eigenvalue weighted by molar-refractivity contribution is 0.0960. The van der Waals surface area contributed by atoms with Crippen LogP contribution < -0.4 is 39.2 Å². The van der Waals surface area contributed by atoms with Crippen molar-refractivity contribution in [2.75, 3.05) is 137 Å². The molecule has 41 nitrogen and oxygen atoms in total. The van der Waals surface area contributed by atoms with Crippen LogP contribution in [0, 0.1) is 30.2 Å². The van der Waals surface area contributed by atoms with Gasteiger partial charge in [0.25, 0.3) is 0 Å². The van der Waals surface area contributed by atoms with Crippen molar-refractivity contribution in [1.29, 1.82) is 0 Å². The van der Waals surface area contributed by atoms with Gasteiger partial charge in [-0.3, -0.25) is 24.0 Å². The van der Waals surface area contributed by atoms with Crippen LogP contribution in [-0.2, 0) is 37.9 Å². The minimum Gasteiger partial charge on any atom is -0.381 e. The number of rotatable bonds is 20. The summed E-state index contributed by atoms with van der Waals surface area (Å²) < 4.78 is 71.9. The van der Waals surface area contributed by atoms with Gasteiger partial charge in [0.1, 0.15) is 87.4 Å². The fourth-order valence-corrected chi connectivity index (χ4v) is 19.0. The Morgan fingerprint density at radius 1 is 0.333 bits per heavy atom. The molecule has 18 aromatic heterocycles. The normalized spacial score (nSPS) is 15.9. The van der Waals surface area contributed by atoms with Gasteiger partial charge in [0.2, 0.25) is 23.8 Å². The van der Waals surface area contributed by atoms with Crippen molar-refractivity contribution >= 4 is 80.9 Å². The number of anilines is 8. The SMILES string of the molecule is C[C@@H]1CN(c2ncnn3cc(-c4cnn(C)c4)cc23)CCN1c1ncc(Sc2ccccc2F)cn1.Cc1cc(-c2cc3c(N4CCN(c5ncc([C@@](C)(O)c6ccc(F)cc6)cn5)CC4)ncnn3c2)on1.Cn1cc(-c2cc3c(N4CCN(c5ncc([C@@](C)(O)c6ccc(F)cn6)cn5)CC4)ncnn3c2)cn1.Cn1cc(-c2cc3c(N4CCN(c5ncc([C@](C)(O)c6ccc(F)cn6)cn5)CC4)ncnn3c2)cn1. The molecule has 4 fully saturated rings. The van der Waals surface area contributed by atoms with Gasteiger partial charge < -0.3 is 59.0 Å². The van der Waals surface area contributed by atoms with Crippen LogP contribution in [-0.4, -0.2) is 262 Å². The average Bonchev–Trinajstić information content (AvgIpc) is 1.70. The number of nitrogens with zero attached hydrogens (tertiary/aromatic N) is 37. The van der Waals surface area contributed by atoms with Gasteiger partial charge in [0.05, 0.1) is 48.1 Å². The molecule has 0 spiro atoms. The van der Waals surface area contributed by atoms with Crippen molar-refractivity contribution in [3.63, 3.8) is 0 Å². The maximum atomic E-state index is 14.0. The van der Waals surface area contributed by atoms with E-state index in [-0.39, 0.29) is 17.7 Å². The van der Waals surface area contributed by atoms with Gasteiger partial charge in [-0.25, -0.2) is 95.4 Å². The lowest BCUT2D eigenvalue weighted by atomic mass is 9.90. The van der Waals surface area contributed by atoms with E-state index in [1.54, 1.807) is 138 Å². The van der Waals surface area contributed by atoms with E-state index in [1.165, 1.54) is 54.2 Å². The molecule has 20 aromatic rings. The van der Waals surface area contributed by atoms with Crippen molar-refractivity contribution in [3.05, 3.63) is 315 Å². The Morgan fingerprint density at radius 3 is 1.05 bits per heavy atom. The van der Waals surface area contributed by atoms with Gasteiger partial charge in [0, 0.05) is 290 Å². The molecular weight excluding hydrogens is 1900 g/mol. The summed E-state index contributed by atoms with van der Waals surface area (Å²) in [7, 11) is 5.70. The number of pyridine rings is 2. The average molecular weight is 2000 g/mol. The van der Waals surface area contributed by atoms with Crippen molar-refractivity contribution in [3.8, 4) is 44.7 Å². The molecule has 147 heavy (non-hydrogen) atoms. The number of benzene rings is 2. The van der Waals surface area contributed by atoms with Crippen LogP contribution in [0.2, 0.25) is 0 Å². The monoisotopic (exact) mass is 2000 g/mol. The van der Waals surface area contributed by atoms with Crippen LogP contribution >= 0.6 is 11.8 Å². The zero-order chi connectivity index (χ0) is 101. The minimum absolute atomic E-state index is 0.173. The summed E-state index contributed by atoms with van der Waals surface area (Å²) in [5.74, 6) is 5.13. The zero-order valence-corrected chi connectivity index (χ0v) is 81.9. The molecule has 4 atom stereocenters.